The maximum Gasteiger partial charge on any atom is 0.255 e. The summed E-state index contributed by atoms with van der Waals surface area (Å²) < 4.78 is 0. The lowest BCUT2D eigenvalue weighted by atomic mass is 10.1. The van der Waals surface area contributed by atoms with Gasteiger partial charge >= 0.3 is 0 Å². The lowest BCUT2D eigenvalue weighted by Crippen LogP contribution is -2.57. The zero-order chi connectivity index (χ0) is 11.7. The Morgan fingerprint density at radius 1 is 1.41 bits per heavy atom. The summed E-state index contributed by atoms with van der Waals surface area (Å²) in [5.41, 5.74) is 0.462. The molecule has 0 spiro atoms. The van der Waals surface area contributed by atoms with Crippen LogP contribution in [0.2, 0.25) is 10.0 Å². The predicted molar refractivity (Wildman–Crippen MR) is 72.5 cm³/mol. The van der Waals surface area contributed by atoms with Crippen LogP contribution in [0.3, 0.4) is 0 Å². The van der Waals surface area contributed by atoms with E-state index in [0.29, 0.717) is 15.6 Å². The molecule has 0 radical (unpaired) electrons. The molecule has 1 aromatic carbocycles. The van der Waals surface area contributed by atoms with Gasteiger partial charge in [0.25, 0.3) is 5.91 Å². The predicted octanol–water partition coefficient (Wildman–Crippen LogP) is 2.46. The highest BCUT2D eigenvalue weighted by molar-refractivity contribution is 6.35. The van der Waals surface area contributed by atoms with Crippen molar-refractivity contribution in [1.82, 2.24) is 10.2 Å². The summed E-state index contributed by atoms with van der Waals surface area (Å²) in [7, 11) is 1.78. The first-order chi connectivity index (χ1) is 7.59. The van der Waals surface area contributed by atoms with E-state index >= 15 is 0 Å². The van der Waals surface area contributed by atoms with Crippen molar-refractivity contribution < 1.29 is 4.79 Å². The normalized spacial score (nSPS) is 14.8. The molecule has 2 rings (SSSR count). The maximum atomic E-state index is 12.1. The Hall–Kier alpha value is -0.480. The van der Waals surface area contributed by atoms with Crippen LogP contribution in [-0.4, -0.2) is 37.0 Å². The lowest BCUT2D eigenvalue weighted by molar-refractivity contribution is 0.0681. The number of likely N-dealkylation sites (N-methyl/N-ethyl adjacent to an activating group) is 1. The molecule has 1 aromatic rings. The minimum atomic E-state index is -0.0843. The SMILES string of the molecule is CN(C(=O)c1cc(Cl)ccc1Cl)C1CNC1.Cl. The molecule has 94 valence electrons. The van der Waals surface area contributed by atoms with Crippen LogP contribution >= 0.6 is 35.6 Å². The molecule has 1 heterocycles. The second kappa shape index (κ2) is 5.91. The molecule has 1 aliphatic heterocycles. The van der Waals surface area contributed by atoms with Gasteiger partial charge in [0.05, 0.1) is 16.6 Å². The minimum absolute atomic E-state index is 0. The number of benzene rings is 1. The van der Waals surface area contributed by atoms with Crippen LogP contribution in [0.4, 0.5) is 0 Å². The average molecular weight is 296 g/mol. The van der Waals surface area contributed by atoms with Gasteiger partial charge in [-0.15, -0.1) is 12.4 Å². The Morgan fingerprint density at radius 2 is 2.06 bits per heavy atom. The number of carbonyl (C=O) groups excluding carboxylic acids is 1. The maximum absolute atomic E-state index is 12.1. The fourth-order valence-electron chi connectivity index (χ4n) is 1.56. The first kappa shape index (κ1) is 14.6. The summed E-state index contributed by atoms with van der Waals surface area (Å²) in [6, 6.07) is 5.17. The van der Waals surface area contributed by atoms with E-state index in [1.165, 1.54) is 0 Å². The third-order valence-electron chi connectivity index (χ3n) is 2.79. The molecule has 1 aliphatic rings. The van der Waals surface area contributed by atoms with E-state index in [4.69, 9.17) is 23.2 Å². The van der Waals surface area contributed by atoms with Gasteiger partial charge in [-0.3, -0.25) is 4.79 Å². The van der Waals surface area contributed by atoms with Gasteiger partial charge in [-0.1, -0.05) is 23.2 Å². The number of hydrogen-bond donors (Lipinski definition) is 1. The fourth-order valence-corrected chi connectivity index (χ4v) is 1.93. The quantitative estimate of drug-likeness (QED) is 0.909. The van der Waals surface area contributed by atoms with E-state index in [2.05, 4.69) is 5.32 Å². The standard InChI is InChI=1S/C11H12Cl2N2O.ClH/c1-15(8-5-14-6-8)11(16)9-4-7(12)2-3-10(9)13;/h2-4,8,14H,5-6H2,1H3;1H. The van der Waals surface area contributed by atoms with Crippen LogP contribution in [0.5, 0.6) is 0 Å². The molecule has 1 fully saturated rings. The number of amides is 1. The highest BCUT2D eigenvalue weighted by atomic mass is 35.5. The number of halogens is 3. The van der Waals surface area contributed by atoms with Gasteiger partial charge in [-0.2, -0.15) is 0 Å². The summed E-state index contributed by atoms with van der Waals surface area (Å²) in [5, 5.41) is 4.08. The summed E-state index contributed by atoms with van der Waals surface area (Å²) in [6.07, 6.45) is 0. The number of nitrogens with one attached hydrogen (secondary N) is 1. The minimum Gasteiger partial charge on any atom is -0.336 e. The van der Waals surface area contributed by atoms with E-state index in [-0.39, 0.29) is 24.4 Å². The van der Waals surface area contributed by atoms with E-state index in [0.717, 1.165) is 13.1 Å². The first-order valence-corrected chi connectivity index (χ1v) is 5.78. The third kappa shape index (κ3) is 3.05. The second-order valence-corrected chi connectivity index (χ2v) is 4.70. The average Bonchev–Trinajstić information content (AvgIpc) is 2.18. The van der Waals surface area contributed by atoms with E-state index < -0.39 is 0 Å². The number of hydrogen-bond acceptors (Lipinski definition) is 2. The van der Waals surface area contributed by atoms with Crippen molar-refractivity contribution in [2.24, 2.45) is 0 Å². The van der Waals surface area contributed by atoms with Gasteiger partial charge in [0.1, 0.15) is 0 Å². The Kier molecular flexibility index (Phi) is 5.07. The van der Waals surface area contributed by atoms with E-state index in [1.807, 2.05) is 0 Å². The zero-order valence-electron chi connectivity index (χ0n) is 9.24. The summed E-state index contributed by atoms with van der Waals surface area (Å²) in [4.78, 5) is 13.8. The second-order valence-electron chi connectivity index (χ2n) is 3.85. The van der Waals surface area contributed by atoms with Crippen LogP contribution in [0.15, 0.2) is 18.2 Å². The number of rotatable bonds is 2. The first-order valence-electron chi connectivity index (χ1n) is 5.02. The number of carbonyl (C=O) groups is 1. The van der Waals surface area contributed by atoms with Crippen molar-refractivity contribution in [3.8, 4) is 0 Å². The highest BCUT2D eigenvalue weighted by Gasteiger charge is 2.27. The largest absolute Gasteiger partial charge is 0.336 e. The Balaban J connectivity index is 0.00000144. The highest BCUT2D eigenvalue weighted by Crippen LogP contribution is 2.22. The summed E-state index contributed by atoms with van der Waals surface area (Å²) >= 11 is 11.8. The molecule has 1 amide bonds. The summed E-state index contributed by atoms with van der Waals surface area (Å²) in [5.74, 6) is -0.0843. The van der Waals surface area contributed by atoms with Crippen molar-refractivity contribution in [3.05, 3.63) is 33.8 Å². The van der Waals surface area contributed by atoms with Crippen molar-refractivity contribution >= 4 is 41.5 Å². The fraction of sp³-hybridized carbons (Fsp3) is 0.364. The smallest absolute Gasteiger partial charge is 0.255 e. The third-order valence-corrected chi connectivity index (χ3v) is 3.35. The molecular formula is C11H13Cl3N2O. The van der Waals surface area contributed by atoms with Gasteiger partial charge in [0, 0.05) is 25.2 Å². The monoisotopic (exact) mass is 294 g/mol. The van der Waals surface area contributed by atoms with Gasteiger partial charge in [0.15, 0.2) is 0 Å². The van der Waals surface area contributed by atoms with Crippen LogP contribution < -0.4 is 5.32 Å². The van der Waals surface area contributed by atoms with Crippen molar-refractivity contribution in [2.45, 2.75) is 6.04 Å². The van der Waals surface area contributed by atoms with Crippen molar-refractivity contribution in [3.63, 3.8) is 0 Å². The molecule has 1 saturated heterocycles. The summed E-state index contributed by atoms with van der Waals surface area (Å²) in [6.45, 7) is 1.67. The molecule has 1 N–H and O–H groups in total. The molecular weight excluding hydrogens is 282 g/mol. The molecule has 0 aliphatic carbocycles. The number of nitrogens with zero attached hydrogens (tertiary/aromatic N) is 1. The van der Waals surface area contributed by atoms with Crippen molar-refractivity contribution in [2.75, 3.05) is 20.1 Å². The Labute approximate surface area is 116 Å². The van der Waals surface area contributed by atoms with E-state index in [1.54, 1.807) is 30.1 Å². The lowest BCUT2D eigenvalue weighted by Gasteiger charge is -2.35. The van der Waals surface area contributed by atoms with E-state index in [9.17, 15) is 4.79 Å². The molecule has 0 aromatic heterocycles. The Morgan fingerprint density at radius 3 is 2.59 bits per heavy atom. The van der Waals surface area contributed by atoms with Crippen molar-refractivity contribution in [1.29, 1.82) is 0 Å². The zero-order valence-corrected chi connectivity index (χ0v) is 11.6. The molecule has 17 heavy (non-hydrogen) atoms. The molecule has 0 unspecified atom stereocenters. The van der Waals surface area contributed by atoms with Gasteiger partial charge in [-0.05, 0) is 18.2 Å². The van der Waals surface area contributed by atoms with Crippen LogP contribution in [-0.2, 0) is 0 Å². The molecule has 0 saturated carbocycles. The molecule has 0 bridgehead atoms. The van der Waals surface area contributed by atoms with Crippen LogP contribution in [0, 0.1) is 0 Å². The molecule has 6 heteroatoms. The topological polar surface area (TPSA) is 32.3 Å². The van der Waals surface area contributed by atoms with Gasteiger partial charge in [0.2, 0.25) is 0 Å². The molecule has 0 atom stereocenters. The van der Waals surface area contributed by atoms with Crippen LogP contribution in [0.25, 0.3) is 0 Å². The van der Waals surface area contributed by atoms with Gasteiger partial charge in [-0.25, -0.2) is 0 Å². The van der Waals surface area contributed by atoms with Crippen LogP contribution in [0.1, 0.15) is 10.4 Å². The Bertz CT molecular complexity index is 421. The molecule has 3 nitrogen and oxygen atoms in total. The van der Waals surface area contributed by atoms with Gasteiger partial charge < -0.3 is 10.2 Å².